The van der Waals surface area contributed by atoms with Crippen LogP contribution in [-0.4, -0.2) is 45.2 Å². The Labute approximate surface area is 222 Å². The van der Waals surface area contributed by atoms with Gasteiger partial charge in [-0.25, -0.2) is 0 Å². The maximum atomic E-state index is 12.7. The Hall–Kier alpha value is -3.98. The van der Waals surface area contributed by atoms with E-state index in [0.717, 1.165) is 35.5 Å². The first kappa shape index (κ1) is 26.1. The molecule has 0 aliphatic rings. The number of aromatic nitrogens is 3. The number of carbonyl (C=O) groups is 1. The molecular formula is C28H32N6O2S. The minimum Gasteiger partial charge on any atom is -0.491 e. The molecule has 1 heterocycles. The van der Waals surface area contributed by atoms with Crippen molar-refractivity contribution in [3.63, 3.8) is 0 Å². The van der Waals surface area contributed by atoms with Crippen molar-refractivity contribution < 1.29 is 9.53 Å². The van der Waals surface area contributed by atoms with Crippen LogP contribution in [0.4, 0.5) is 11.4 Å². The molecule has 0 unspecified atom stereocenters. The van der Waals surface area contributed by atoms with Crippen LogP contribution >= 0.6 is 12.2 Å². The van der Waals surface area contributed by atoms with Crippen molar-refractivity contribution in [2.24, 2.45) is 0 Å². The molecule has 0 saturated carbocycles. The number of nitrogens with one attached hydrogen (secondary N) is 2. The number of fused-ring (bicyclic) bond motifs is 1. The Morgan fingerprint density at radius 1 is 1.03 bits per heavy atom. The van der Waals surface area contributed by atoms with E-state index >= 15 is 0 Å². The molecule has 3 aromatic carbocycles. The highest BCUT2D eigenvalue weighted by molar-refractivity contribution is 7.80. The molecule has 0 aliphatic heterocycles. The van der Waals surface area contributed by atoms with Gasteiger partial charge in [0.25, 0.3) is 5.91 Å². The van der Waals surface area contributed by atoms with Gasteiger partial charge in [-0.05, 0) is 107 Å². The van der Waals surface area contributed by atoms with Crippen LogP contribution in [0.1, 0.15) is 43.6 Å². The van der Waals surface area contributed by atoms with Gasteiger partial charge >= 0.3 is 0 Å². The lowest BCUT2D eigenvalue weighted by molar-refractivity contribution is 0.0977. The van der Waals surface area contributed by atoms with Crippen LogP contribution in [0.25, 0.3) is 16.7 Å². The van der Waals surface area contributed by atoms with E-state index in [4.69, 9.17) is 17.0 Å². The molecule has 192 valence electrons. The van der Waals surface area contributed by atoms with Crippen molar-refractivity contribution in [1.82, 2.24) is 20.3 Å². The maximum Gasteiger partial charge on any atom is 0.257 e. The molecule has 0 spiro atoms. The molecule has 0 atom stereocenters. The number of benzene rings is 3. The highest BCUT2D eigenvalue weighted by Gasteiger charge is 2.13. The SMILES string of the molecule is CCN(CC)c1ccc(-n2nc3cc(C)c(NC(=S)NC(=O)c4cccc(OC(C)C)c4)cc3n2)cc1. The van der Waals surface area contributed by atoms with Gasteiger partial charge in [0.1, 0.15) is 16.8 Å². The summed E-state index contributed by atoms with van der Waals surface area (Å²) in [6.45, 7) is 12.0. The molecule has 1 amide bonds. The van der Waals surface area contributed by atoms with E-state index in [1.807, 2.05) is 51.1 Å². The third kappa shape index (κ3) is 6.24. The summed E-state index contributed by atoms with van der Waals surface area (Å²) >= 11 is 5.41. The average molecular weight is 517 g/mol. The number of carbonyl (C=O) groups excluding carboxylic acids is 1. The van der Waals surface area contributed by atoms with Crippen molar-refractivity contribution in [2.45, 2.75) is 40.7 Å². The van der Waals surface area contributed by atoms with Crippen molar-refractivity contribution in [3.05, 3.63) is 71.8 Å². The van der Waals surface area contributed by atoms with Crippen molar-refractivity contribution >= 4 is 45.6 Å². The molecule has 37 heavy (non-hydrogen) atoms. The third-order valence-electron chi connectivity index (χ3n) is 5.88. The van der Waals surface area contributed by atoms with Gasteiger partial charge in [0.15, 0.2) is 5.11 Å². The number of hydrogen-bond acceptors (Lipinski definition) is 6. The summed E-state index contributed by atoms with van der Waals surface area (Å²) in [6, 6.07) is 19.0. The fraction of sp³-hybridized carbons (Fsp3) is 0.286. The fourth-order valence-corrected chi connectivity index (χ4v) is 4.22. The van der Waals surface area contributed by atoms with Gasteiger partial charge in [0.05, 0.1) is 11.8 Å². The second-order valence-electron chi connectivity index (χ2n) is 8.94. The number of thiocarbonyl (C=S) groups is 1. The van der Waals surface area contributed by atoms with E-state index < -0.39 is 0 Å². The second kappa shape index (κ2) is 11.4. The van der Waals surface area contributed by atoms with E-state index in [9.17, 15) is 4.79 Å². The van der Waals surface area contributed by atoms with Crippen molar-refractivity contribution in [1.29, 1.82) is 0 Å². The summed E-state index contributed by atoms with van der Waals surface area (Å²) in [4.78, 5) is 16.6. The summed E-state index contributed by atoms with van der Waals surface area (Å²) in [5.74, 6) is 0.318. The molecule has 8 nitrogen and oxygen atoms in total. The predicted molar refractivity (Wildman–Crippen MR) is 153 cm³/mol. The van der Waals surface area contributed by atoms with Gasteiger partial charge in [-0.2, -0.15) is 4.80 Å². The molecule has 0 radical (unpaired) electrons. The molecule has 4 aromatic rings. The zero-order valence-electron chi connectivity index (χ0n) is 21.8. The zero-order chi connectivity index (χ0) is 26.5. The molecule has 0 aliphatic carbocycles. The Balaban J connectivity index is 1.47. The first-order valence-corrected chi connectivity index (χ1v) is 12.8. The lowest BCUT2D eigenvalue weighted by Crippen LogP contribution is -2.34. The first-order valence-electron chi connectivity index (χ1n) is 12.4. The number of hydrogen-bond donors (Lipinski definition) is 2. The molecule has 9 heteroatoms. The minimum absolute atomic E-state index is 0.0174. The van der Waals surface area contributed by atoms with Crippen LogP contribution in [0, 0.1) is 6.92 Å². The largest absolute Gasteiger partial charge is 0.491 e. The number of ether oxygens (including phenoxy) is 1. The molecule has 1 aromatic heterocycles. The van der Waals surface area contributed by atoms with Crippen LogP contribution in [0.2, 0.25) is 0 Å². The van der Waals surface area contributed by atoms with Crippen LogP contribution in [0.5, 0.6) is 5.75 Å². The van der Waals surface area contributed by atoms with E-state index in [1.165, 1.54) is 5.69 Å². The summed E-state index contributed by atoms with van der Waals surface area (Å²) in [6.07, 6.45) is 0.0174. The van der Waals surface area contributed by atoms with Gasteiger partial charge < -0.3 is 15.0 Å². The Bertz CT molecular complexity index is 1410. The first-order chi connectivity index (χ1) is 17.8. The van der Waals surface area contributed by atoms with E-state index in [2.05, 4.69) is 51.7 Å². The average Bonchev–Trinajstić information content (AvgIpc) is 3.27. The summed E-state index contributed by atoms with van der Waals surface area (Å²) in [7, 11) is 0. The van der Waals surface area contributed by atoms with Gasteiger partial charge in [-0.3, -0.25) is 10.1 Å². The van der Waals surface area contributed by atoms with Crippen LogP contribution in [0.15, 0.2) is 60.7 Å². The molecule has 0 bridgehead atoms. The number of aryl methyl sites for hydroxylation is 1. The summed E-state index contributed by atoms with van der Waals surface area (Å²) in [5, 5.41) is 15.4. The standard InChI is InChI=1S/C28H32N6O2S/c1-6-33(7-2)21-11-13-22(14-12-21)34-31-25-15-19(5)24(17-26(25)32-34)29-28(37)30-27(35)20-9-8-10-23(16-20)36-18(3)4/h8-18H,6-7H2,1-5H3,(H2,29,30,35,37). The maximum absolute atomic E-state index is 12.7. The summed E-state index contributed by atoms with van der Waals surface area (Å²) < 4.78 is 5.68. The molecular weight excluding hydrogens is 484 g/mol. The Kier molecular flexibility index (Phi) is 8.03. The molecule has 0 saturated heterocycles. The van der Waals surface area contributed by atoms with Gasteiger partial charge in [0.2, 0.25) is 0 Å². The smallest absolute Gasteiger partial charge is 0.257 e. The second-order valence-corrected chi connectivity index (χ2v) is 9.34. The lowest BCUT2D eigenvalue weighted by Gasteiger charge is -2.20. The topological polar surface area (TPSA) is 84.3 Å². The third-order valence-corrected chi connectivity index (χ3v) is 6.08. The van der Waals surface area contributed by atoms with Crippen LogP contribution < -0.4 is 20.3 Å². The number of nitrogens with zero attached hydrogens (tertiary/aromatic N) is 4. The summed E-state index contributed by atoms with van der Waals surface area (Å²) in [5.41, 5.74) is 5.68. The zero-order valence-corrected chi connectivity index (χ0v) is 22.6. The Morgan fingerprint density at radius 2 is 1.70 bits per heavy atom. The highest BCUT2D eigenvalue weighted by atomic mass is 32.1. The molecule has 0 fully saturated rings. The fourth-order valence-electron chi connectivity index (χ4n) is 4.02. The van der Waals surface area contributed by atoms with E-state index in [-0.39, 0.29) is 17.1 Å². The van der Waals surface area contributed by atoms with Crippen molar-refractivity contribution in [3.8, 4) is 11.4 Å². The quantitative estimate of drug-likeness (QED) is 0.300. The normalized spacial score (nSPS) is 11.0. The lowest BCUT2D eigenvalue weighted by atomic mass is 10.2. The molecule has 2 N–H and O–H groups in total. The molecule has 4 rings (SSSR count). The predicted octanol–water partition coefficient (Wildman–Crippen LogP) is 5.49. The monoisotopic (exact) mass is 516 g/mol. The van der Waals surface area contributed by atoms with E-state index in [0.29, 0.717) is 16.8 Å². The number of anilines is 2. The Morgan fingerprint density at radius 3 is 2.35 bits per heavy atom. The number of amides is 1. The minimum atomic E-state index is -0.315. The van der Waals surface area contributed by atoms with Gasteiger partial charge in [0, 0.05) is 30.0 Å². The van der Waals surface area contributed by atoms with Crippen LogP contribution in [-0.2, 0) is 0 Å². The van der Waals surface area contributed by atoms with E-state index in [1.54, 1.807) is 23.0 Å². The highest BCUT2D eigenvalue weighted by Crippen LogP contribution is 2.23. The van der Waals surface area contributed by atoms with Gasteiger partial charge in [-0.15, -0.1) is 10.2 Å². The van der Waals surface area contributed by atoms with Gasteiger partial charge in [-0.1, -0.05) is 6.07 Å². The van der Waals surface area contributed by atoms with Crippen molar-refractivity contribution in [2.75, 3.05) is 23.3 Å². The van der Waals surface area contributed by atoms with Crippen LogP contribution in [0.3, 0.4) is 0 Å². The number of rotatable bonds is 8.